The zero-order valence-corrected chi connectivity index (χ0v) is 19.3. The molecule has 0 aromatic carbocycles. The number of aliphatic hydroxyl groups excluding tert-OH is 1. The molecule has 2 heteroatoms. The quantitative estimate of drug-likeness (QED) is 0.486. The van der Waals surface area contributed by atoms with Gasteiger partial charge < -0.3 is 10.8 Å². The lowest BCUT2D eigenvalue weighted by Crippen LogP contribution is -2.40. The van der Waals surface area contributed by atoms with E-state index in [9.17, 15) is 5.11 Å². The highest BCUT2D eigenvalue weighted by molar-refractivity contribution is 4.98. The van der Waals surface area contributed by atoms with E-state index in [1.807, 2.05) is 0 Å². The van der Waals surface area contributed by atoms with Gasteiger partial charge in [0, 0.05) is 0 Å². The van der Waals surface area contributed by atoms with Crippen LogP contribution in [0.5, 0.6) is 0 Å². The summed E-state index contributed by atoms with van der Waals surface area (Å²) in [6.07, 6.45) is 12.4. The lowest BCUT2D eigenvalue weighted by Gasteiger charge is -2.47. The maximum atomic E-state index is 10.3. The molecule has 0 bridgehead atoms. The van der Waals surface area contributed by atoms with E-state index >= 15 is 0 Å². The fourth-order valence-corrected chi connectivity index (χ4v) is 7.42. The van der Waals surface area contributed by atoms with Gasteiger partial charge in [-0.05, 0) is 98.3 Å². The summed E-state index contributed by atoms with van der Waals surface area (Å²) >= 11 is 0. The van der Waals surface area contributed by atoms with Gasteiger partial charge in [0.15, 0.2) is 0 Å². The molecule has 0 aliphatic heterocycles. The summed E-state index contributed by atoms with van der Waals surface area (Å²) in [6.45, 7) is 15.6. The number of nitrogens with two attached hydrogens (primary N) is 1. The highest BCUT2D eigenvalue weighted by Gasteiger charge is 2.48. The fourth-order valence-electron chi connectivity index (χ4n) is 7.42. The van der Waals surface area contributed by atoms with E-state index in [0.29, 0.717) is 16.7 Å². The van der Waals surface area contributed by atoms with E-state index < -0.39 is 0 Å². The number of hydrogen-bond acceptors (Lipinski definition) is 2. The zero-order valence-electron chi connectivity index (χ0n) is 19.3. The molecule has 0 saturated heterocycles. The number of rotatable bonds is 9. The standard InChI is InChI=1S/C25H49NO/c1-7-13-25(6)20(12-15-26)9-10-22(25)18(3)16-19(8-2)23-17-21(27)11-14-24(23,4)5/h18-23,27H,7-17,26H2,1-6H3/t18?,19-,20?,21+,22?,23?,25?/m0/s1. The van der Waals surface area contributed by atoms with Crippen LogP contribution in [0, 0.1) is 40.4 Å². The average molecular weight is 380 g/mol. The summed E-state index contributed by atoms with van der Waals surface area (Å²) in [6, 6.07) is 0. The molecule has 0 heterocycles. The summed E-state index contributed by atoms with van der Waals surface area (Å²) in [5.74, 6) is 3.88. The van der Waals surface area contributed by atoms with Crippen molar-refractivity contribution in [3.63, 3.8) is 0 Å². The van der Waals surface area contributed by atoms with E-state index in [1.165, 1.54) is 51.4 Å². The van der Waals surface area contributed by atoms with Crippen molar-refractivity contribution in [3.8, 4) is 0 Å². The molecule has 27 heavy (non-hydrogen) atoms. The summed E-state index contributed by atoms with van der Waals surface area (Å²) in [5.41, 5.74) is 6.82. The third kappa shape index (κ3) is 5.10. The summed E-state index contributed by atoms with van der Waals surface area (Å²) in [5, 5.41) is 10.3. The van der Waals surface area contributed by atoms with Crippen molar-refractivity contribution in [2.45, 2.75) is 112 Å². The minimum absolute atomic E-state index is 0.0712. The molecule has 0 aromatic heterocycles. The average Bonchev–Trinajstić information content (AvgIpc) is 2.92. The first-order valence-electron chi connectivity index (χ1n) is 12.1. The highest BCUT2D eigenvalue weighted by Crippen LogP contribution is 2.56. The largest absolute Gasteiger partial charge is 0.393 e. The Balaban J connectivity index is 2.12. The molecule has 0 aromatic rings. The fraction of sp³-hybridized carbons (Fsp3) is 1.00. The number of hydrogen-bond donors (Lipinski definition) is 2. The van der Waals surface area contributed by atoms with Crippen molar-refractivity contribution < 1.29 is 5.11 Å². The maximum absolute atomic E-state index is 10.3. The van der Waals surface area contributed by atoms with E-state index in [1.54, 1.807) is 0 Å². The Morgan fingerprint density at radius 3 is 2.37 bits per heavy atom. The molecule has 0 amide bonds. The monoisotopic (exact) mass is 379 g/mol. The van der Waals surface area contributed by atoms with Gasteiger partial charge in [-0.1, -0.05) is 54.4 Å². The topological polar surface area (TPSA) is 46.2 Å². The first kappa shape index (κ1) is 23.2. The predicted molar refractivity (Wildman–Crippen MR) is 118 cm³/mol. The maximum Gasteiger partial charge on any atom is 0.0543 e. The summed E-state index contributed by atoms with van der Waals surface area (Å²) in [7, 11) is 0. The third-order valence-electron chi connectivity index (χ3n) is 9.02. The van der Waals surface area contributed by atoms with Crippen LogP contribution in [0.15, 0.2) is 0 Å². The Morgan fingerprint density at radius 1 is 1.07 bits per heavy atom. The second-order valence-electron chi connectivity index (χ2n) is 11.1. The van der Waals surface area contributed by atoms with Crippen LogP contribution in [0.2, 0.25) is 0 Å². The Kier molecular flexibility index (Phi) is 8.26. The van der Waals surface area contributed by atoms with Crippen LogP contribution in [0.1, 0.15) is 106 Å². The van der Waals surface area contributed by atoms with Crippen LogP contribution in [0.25, 0.3) is 0 Å². The SMILES string of the molecule is CCCC1(C)C(CCN)CCC1C(C)C[C@H](CC)C1C[C@H](O)CCC1(C)C. The van der Waals surface area contributed by atoms with Crippen molar-refractivity contribution in [1.82, 2.24) is 0 Å². The lowest BCUT2D eigenvalue weighted by atomic mass is 9.59. The Hall–Kier alpha value is -0.0800. The van der Waals surface area contributed by atoms with Crippen LogP contribution >= 0.6 is 0 Å². The minimum Gasteiger partial charge on any atom is -0.393 e. The number of aliphatic hydroxyl groups is 1. The second-order valence-corrected chi connectivity index (χ2v) is 11.1. The van der Waals surface area contributed by atoms with Crippen LogP contribution in [-0.2, 0) is 0 Å². The third-order valence-corrected chi connectivity index (χ3v) is 9.02. The van der Waals surface area contributed by atoms with Crippen molar-refractivity contribution in [1.29, 1.82) is 0 Å². The van der Waals surface area contributed by atoms with Gasteiger partial charge in [0.05, 0.1) is 6.10 Å². The van der Waals surface area contributed by atoms with Gasteiger partial charge in [0.25, 0.3) is 0 Å². The van der Waals surface area contributed by atoms with E-state index in [-0.39, 0.29) is 6.10 Å². The summed E-state index contributed by atoms with van der Waals surface area (Å²) < 4.78 is 0. The molecule has 160 valence electrons. The lowest BCUT2D eigenvalue weighted by molar-refractivity contribution is -0.0134. The van der Waals surface area contributed by atoms with Crippen molar-refractivity contribution >= 4 is 0 Å². The van der Waals surface area contributed by atoms with Crippen LogP contribution in [0.3, 0.4) is 0 Å². The van der Waals surface area contributed by atoms with Gasteiger partial charge in [-0.2, -0.15) is 0 Å². The molecule has 3 N–H and O–H groups in total. The van der Waals surface area contributed by atoms with Crippen LogP contribution in [-0.4, -0.2) is 17.8 Å². The molecule has 2 fully saturated rings. The molecule has 2 saturated carbocycles. The molecule has 5 unspecified atom stereocenters. The molecule has 7 atom stereocenters. The predicted octanol–water partition coefficient (Wildman–Crippen LogP) is 6.41. The van der Waals surface area contributed by atoms with Gasteiger partial charge in [-0.25, -0.2) is 0 Å². The molecule has 2 aliphatic rings. The van der Waals surface area contributed by atoms with Gasteiger partial charge in [-0.3, -0.25) is 0 Å². The molecule has 2 rings (SSSR count). The van der Waals surface area contributed by atoms with E-state index in [0.717, 1.165) is 43.1 Å². The van der Waals surface area contributed by atoms with Crippen LogP contribution in [0.4, 0.5) is 0 Å². The van der Waals surface area contributed by atoms with Crippen molar-refractivity contribution in [3.05, 3.63) is 0 Å². The Morgan fingerprint density at radius 2 is 1.78 bits per heavy atom. The first-order valence-corrected chi connectivity index (χ1v) is 12.1. The van der Waals surface area contributed by atoms with Gasteiger partial charge in [0.1, 0.15) is 0 Å². The smallest absolute Gasteiger partial charge is 0.0543 e. The second kappa shape index (κ2) is 9.61. The molecule has 2 aliphatic carbocycles. The Labute approximate surface area is 170 Å². The molecule has 0 spiro atoms. The zero-order chi connectivity index (χ0) is 20.2. The van der Waals surface area contributed by atoms with E-state index in [2.05, 4.69) is 41.5 Å². The van der Waals surface area contributed by atoms with Crippen LogP contribution < -0.4 is 5.73 Å². The van der Waals surface area contributed by atoms with Gasteiger partial charge in [-0.15, -0.1) is 0 Å². The molecular weight excluding hydrogens is 330 g/mol. The summed E-state index contributed by atoms with van der Waals surface area (Å²) in [4.78, 5) is 0. The van der Waals surface area contributed by atoms with Gasteiger partial charge >= 0.3 is 0 Å². The van der Waals surface area contributed by atoms with Crippen molar-refractivity contribution in [2.75, 3.05) is 6.54 Å². The van der Waals surface area contributed by atoms with E-state index in [4.69, 9.17) is 5.73 Å². The molecular formula is C25H49NO. The molecule has 0 radical (unpaired) electrons. The first-order chi connectivity index (χ1) is 12.7. The Bertz CT molecular complexity index is 448. The minimum atomic E-state index is -0.0712. The van der Waals surface area contributed by atoms with Crippen molar-refractivity contribution in [2.24, 2.45) is 46.2 Å². The van der Waals surface area contributed by atoms with Gasteiger partial charge in [0.2, 0.25) is 0 Å². The highest BCUT2D eigenvalue weighted by atomic mass is 16.3. The molecule has 2 nitrogen and oxygen atoms in total. The normalized spacial score (nSPS) is 38.7.